The van der Waals surface area contributed by atoms with E-state index in [2.05, 4.69) is 0 Å². The van der Waals surface area contributed by atoms with Crippen LogP contribution >= 0.6 is 0 Å². The van der Waals surface area contributed by atoms with Crippen molar-refractivity contribution in [1.29, 1.82) is 0 Å². The van der Waals surface area contributed by atoms with E-state index in [4.69, 9.17) is 9.11 Å². The highest BCUT2D eigenvalue weighted by atomic mass is 32.2. The number of rotatable bonds is 4. The smallest absolute Gasteiger partial charge is 0.266 e. The van der Waals surface area contributed by atoms with E-state index in [0.29, 0.717) is 0 Å². The Balaban J connectivity index is 1.73. The van der Waals surface area contributed by atoms with Gasteiger partial charge in [-0.3, -0.25) is 19.2 Å². The van der Waals surface area contributed by atoms with Gasteiger partial charge < -0.3 is 9.11 Å². The molecule has 12 heteroatoms. The van der Waals surface area contributed by atoms with Crippen molar-refractivity contribution in [3.63, 3.8) is 0 Å². The molecule has 0 bridgehead atoms. The molecule has 2 heterocycles. The molecule has 0 saturated carbocycles. The van der Waals surface area contributed by atoms with Crippen LogP contribution in [0.4, 0.5) is 0 Å². The third-order valence-corrected chi connectivity index (χ3v) is 6.84. The summed E-state index contributed by atoms with van der Waals surface area (Å²) in [5, 5.41) is -0.194. The molecular weight excluding hydrogens is 484 g/mol. The van der Waals surface area contributed by atoms with Crippen molar-refractivity contribution in [2.75, 3.05) is 0 Å². The zero-order valence-electron chi connectivity index (χ0n) is 16.8. The first-order valence-corrected chi connectivity index (χ1v) is 11.8. The Hall–Kier alpha value is -3.84. The van der Waals surface area contributed by atoms with Crippen LogP contribution in [0.1, 0.15) is 0 Å². The van der Waals surface area contributed by atoms with Crippen LogP contribution in [-0.4, -0.2) is 26.7 Å². The van der Waals surface area contributed by atoms with E-state index >= 15 is 0 Å². The predicted molar refractivity (Wildman–Crippen MR) is 126 cm³/mol. The van der Waals surface area contributed by atoms with E-state index in [9.17, 15) is 27.6 Å². The summed E-state index contributed by atoms with van der Waals surface area (Å²) < 4.78 is 42.3. The minimum Gasteiger partial charge on any atom is -0.302 e. The second-order valence-corrected chi connectivity index (χ2v) is 9.26. The highest BCUT2D eigenvalue weighted by Crippen LogP contribution is 2.18. The molecular formula is C22H12N2O8S2. The summed E-state index contributed by atoms with van der Waals surface area (Å²) in [5.41, 5.74) is -2.46. The topological polar surface area (TPSA) is 153 Å². The molecule has 2 N–H and O–H groups in total. The van der Waals surface area contributed by atoms with Crippen molar-refractivity contribution in [3.05, 3.63) is 102 Å². The van der Waals surface area contributed by atoms with Crippen LogP contribution in [0.15, 0.2) is 89.6 Å². The van der Waals surface area contributed by atoms with Gasteiger partial charge in [-0.2, -0.15) is 0 Å². The highest BCUT2D eigenvalue weighted by molar-refractivity contribution is 7.79. The van der Waals surface area contributed by atoms with Gasteiger partial charge in [0, 0.05) is 0 Å². The van der Waals surface area contributed by atoms with E-state index in [-0.39, 0.29) is 42.7 Å². The standard InChI is InChI=1S/C22H12N2O8S2/c25-19-15-9-17-18(22(28)24(21(17)27)12-3-7-14(8-4-12)34(31)32)10-16(15)20(26)23(19)11-1-5-13(6-2-11)33(29)30/h1-10H,(H,29,30)(H,31,32). The van der Waals surface area contributed by atoms with E-state index in [1.165, 1.54) is 60.7 Å². The molecule has 10 nitrogen and oxygen atoms in total. The molecule has 2 unspecified atom stereocenters. The number of fused-ring (bicyclic) bond motifs is 2. The van der Waals surface area contributed by atoms with Gasteiger partial charge in [0.15, 0.2) is 22.2 Å². The lowest BCUT2D eigenvalue weighted by Crippen LogP contribution is -2.24. The monoisotopic (exact) mass is 496 g/mol. The van der Waals surface area contributed by atoms with Gasteiger partial charge in [-0.15, -0.1) is 0 Å². The van der Waals surface area contributed by atoms with Crippen LogP contribution in [0.3, 0.4) is 0 Å². The molecule has 0 fully saturated rings. The maximum absolute atomic E-state index is 13.0. The lowest BCUT2D eigenvalue weighted by Gasteiger charge is -2.01. The molecule has 0 aliphatic heterocycles. The molecule has 2 aromatic heterocycles. The normalized spacial score (nSPS) is 13.5. The second kappa shape index (κ2) is 7.88. The summed E-state index contributed by atoms with van der Waals surface area (Å²) in [6.45, 7) is 0. The van der Waals surface area contributed by atoms with E-state index in [1.807, 2.05) is 0 Å². The maximum atomic E-state index is 13.0. The molecule has 0 saturated heterocycles. The summed E-state index contributed by atoms with van der Waals surface area (Å²) in [7, 11) is 0. The average molecular weight is 496 g/mol. The van der Waals surface area contributed by atoms with Crippen molar-refractivity contribution in [2.24, 2.45) is 0 Å². The van der Waals surface area contributed by atoms with Gasteiger partial charge in [-0.05, 0) is 60.7 Å². The molecule has 5 rings (SSSR count). The predicted octanol–water partition coefficient (Wildman–Crippen LogP) is 1.05. The number of hydrogen-bond donors (Lipinski definition) is 2. The van der Waals surface area contributed by atoms with Crippen molar-refractivity contribution >= 4 is 43.7 Å². The summed E-state index contributed by atoms with van der Waals surface area (Å²) in [6.07, 6.45) is 0. The highest BCUT2D eigenvalue weighted by Gasteiger charge is 2.21. The zero-order valence-corrected chi connectivity index (χ0v) is 18.5. The van der Waals surface area contributed by atoms with Crippen LogP contribution in [0, 0.1) is 0 Å². The fraction of sp³-hybridized carbons (Fsp3) is 0. The van der Waals surface area contributed by atoms with Crippen LogP contribution < -0.4 is 22.2 Å². The van der Waals surface area contributed by atoms with Crippen LogP contribution in [0.25, 0.3) is 32.9 Å². The molecule has 0 spiro atoms. The first-order chi connectivity index (χ1) is 16.2. The zero-order chi connectivity index (χ0) is 24.3. The molecule has 170 valence electrons. The van der Waals surface area contributed by atoms with E-state index in [1.54, 1.807) is 0 Å². The van der Waals surface area contributed by atoms with Gasteiger partial charge in [0.1, 0.15) is 0 Å². The Morgan fingerprint density at radius 3 is 1.00 bits per heavy atom. The molecule has 34 heavy (non-hydrogen) atoms. The summed E-state index contributed by atoms with van der Waals surface area (Å²) >= 11 is -4.45. The third kappa shape index (κ3) is 3.23. The Morgan fingerprint density at radius 2 is 0.765 bits per heavy atom. The van der Waals surface area contributed by atoms with Gasteiger partial charge in [0.05, 0.1) is 42.7 Å². The van der Waals surface area contributed by atoms with Gasteiger partial charge >= 0.3 is 0 Å². The fourth-order valence-electron chi connectivity index (χ4n) is 3.87. The Labute approximate surface area is 193 Å². The molecule has 0 amide bonds. The van der Waals surface area contributed by atoms with Gasteiger partial charge in [0.25, 0.3) is 22.2 Å². The third-order valence-electron chi connectivity index (χ3n) is 5.48. The molecule has 3 aromatic carbocycles. The largest absolute Gasteiger partial charge is 0.302 e. The van der Waals surface area contributed by atoms with E-state index in [0.717, 1.165) is 9.13 Å². The lowest BCUT2D eigenvalue weighted by atomic mass is 10.1. The molecule has 5 aromatic rings. The van der Waals surface area contributed by atoms with Crippen LogP contribution in [-0.2, 0) is 22.2 Å². The minimum absolute atomic E-state index is 0.0485. The number of nitrogens with zero attached hydrogens (tertiary/aromatic N) is 2. The van der Waals surface area contributed by atoms with E-state index < -0.39 is 44.4 Å². The lowest BCUT2D eigenvalue weighted by molar-refractivity contribution is 0.563. The SMILES string of the molecule is O=c1c2cc3c(=O)n(-c4ccc(S(=O)O)cc4)c(=O)c3cc2c(=O)n1-c1ccc(S(=O)O)cc1. The maximum Gasteiger partial charge on any atom is 0.266 e. The molecule has 0 aliphatic carbocycles. The van der Waals surface area contributed by atoms with Crippen LogP contribution in [0.5, 0.6) is 0 Å². The number of benzene rings is 3. The van der Waals surface area contributed by atoms with Gasteiger partial charge in [-0.1, -0.05) is 0 Å². The van der Waals surface area contributed by atoms with Crippen LogP contribution in [0.2, 0.25) is 0 Å². The molecule has 0 aliphatic rings. The second-order valence-electron chi connectivity index (χ2n) is 7.32. The van der Waals surface area contributed by atoms with Crippen molar-refractivity contribution in [2.45, 2.75) is 9.79 Å². The first kappa shape index (κ1) is 22.0. The average Bonchev–Trinajstić information content (AvgIpc) is 3.22. The summed E-state index contributed by atoms with van der Waals surface area (Å²) in [4.78, 5) is 52.2. The number of aromatic nitrogens is 2. The Bertz CT molecular complexity index is 1660. The van der Waals surface area contributed by atoms with Crippen molar-refractivity contribution in [1.82, 2.24) is 9.13 Å². The number of hydrogen-bond acceptors (Lipinski definition) is 6. The quantitative estimate of drug-likeness (QED) is 0.350. The Kier molecular flexibility index (Phi) is 5.10. The van der Waals surface area contributed by atoms with Gasteiger partial charge in [0.2, 0.25) is 0 Å². The Morgan fingerprint density at radius 1 is 0.500 bits per heavy atom. The molecule has 0 radical (unpaired) electrons. The van der Waals surface area contributed by atoms with Crippen molar-refractivity contribution in [3.8, 4) is 11.4 Å². The summed E-state index contributed by atoms with van der Waals surface area (Å²) in [6, 6.07) is 13.0. The van der Waals surface area contributed by atoms with Crippen molar-refractivity contribution < 1.29 is 17.5 Å². The fourth-order valence-corrected chi connectivity index (χ4v) is 4.60. The first-order valence-electron chi connectivity index (χ1n) is 9.56. The van der Waals surface area contributed by atoms with Gasteiger partial charge in [-0.25, -0.2) is 17.6 Å². The summed E-state index contributed by atoms with van der Waals surface area (Å²) in [5.74, 6) is 0. The molecule has 2 atom stereocenters. The minimum atomic E-state index is -2.22.